The predicted molar refractivity (Wildman–Crippen MR) is 72.9 cm³/mol. The Balaban J connectivity index is 2.11. The van der Waals surface area contributed by atoms with Gasteiger partial charge in [-0.1, -0.05) is 6.92 Å². The third-order valence-corrected chi connectivity index (χ3v) is 4.87. The van der Waals surface area contributed by atoms with Crippen LogP contribution in [0.1, 0.15) is 26.7 Å². The standard InChI is InChI=1S/C14H28N2O2/c1-4-14(2,16-6-9-17-10-7-16)13(15-3)12-5-8-18-11-12/h12-13,15H,4-11H2,1-3H3. The van der Waals surface area contributed by atoms with E-state index in [1.54, 1.807) is 0 Å². The number of likely N-dealkylation sites (N-methyl/N-ethyl adjacent to an activating group) is 1. The molecule has 106 valence electrons. The Morgan fingerprint density at radius 2 is 2.00 bits per heavy atom. The molecule has 18 heavy (non-hydrogen) atoms. The van der Waals surface area contributed by atoms with Crippen LogP contribution in [0.2, 0.25) is 0 Å². The molecule has 0 aromatic carbocycles. The first-order chi connectivity index (χ1) is 8.72. The number of morpholine rings is 1. The predicted octanol–water partition coefficient (Wildman–Crippen LogP) is 1.11. The fraction of sp³-hybridized carbons (Fsp3) is 1.00. The molecule has 0 bridgehead atoms. The van der Waals surface area contributed by atoms with Gasteiger partial charge in [0.05, 0.1) is 19.8 Å². The average Bonchev–Trinajstić information content (AvgIpc) is 2.94. The van der Waals surface area contributed by atoms with Crippen LogP contribution in [0.25, 0.3) is 0 Å². The molecule has 2 aliphatic rings. The molecule has 2 saturated heterocycles. The van der Waals surface area contributed by atoms with Crippen LogP contribution in [-0.2, 0) is 9.47 Å². The van der Waals surface area contributed by atoms with Crippen molar-refractivity contribution in [1.29, 1.82) is 0 Å². The highest BCUT2D eigenvalue weighted by Crippen LogP contribution is 2.32. The SMILES string of the molecule is CCC(C)(C(NC)C1CCOC1)N1CCOCC1. The molecule has 1 N–H and O–H groups in total. The summed E-state index contributed by atoms with van der Waals surface area (Å²) in [5, 5.41) is 3.57. The van der Waals surface area contributed by atoms with E-state index in [0.29, 0.717) is 12.0 Å². The minimum atomic E-state index is 0.205. The highest BCUT2D eigenvalue weighted by molar-refractivity contribution is 5.00. The van der Waals surface area contributed by atoms with Crippen LogP contribution in [0.5, 0.6) is 0 Å². The van der Waals surface area contributed by atoms with E-state index in [9.17, 15) is 0 Å². The summed E-state index contributed by atoms with van der Waals surface area (Å²) < 4.78 is 11.1. The monoisotopic (exact) mass is 256 g/mol. The van der Waals surface area contributed by atoms with Crippen molar-refractivity contribution in [3.05, 3.63) is 0 Å². The third-order valence-electron chi connectivity index (χ3n) is 4.87. The highest BCUT2D eigenvalue weighted by atomic mass is 16.5. The van der Waals surface area contributed by atoms with E-state index in [1.807, 2.05) is 0 Å². The normalized spacial score (nSPS) is 31.2. The zero-order valence-corrected chi connectivity index (χ0v) is 12.1. The van der Waals surface area contributed by atoms with Crippen LogP contribution in [0.15, 0.2) is 0 Å². The first kappa shape index (κ1) is 14.3. The van der Waals surface area contributed by atoms with Crippen LogP contribution in [0.3, 0.4) is 0 Å². The van der Waals surface area contributed by atoms with Gasteiger partial charge in [0.2, 0.25) is 0 Å². The number of hydrogen-bond acceptors (Lipinski definition) is 4. The number of hydrogen-bond donors (Lipinski definition) is 1. The van der Waals surface area contributed by atoms with Crippen molar-refractivity contribution in [2.24, 2.45) is 5.92 Å². The molecule has 0 radical (unpaired) electrons. The van der Waals surface area contributed by atoms with Crippen LogP contribution in [0.4, 0.5) is 0 Å². The molecular weight excluding hydrogens is 228 g/mol. The van der Waals surface area contributed by atoms with E-state index in [2.05, 4.69) is 31.1 Å². The lowest BCUT2D eigenvalue weighted by atomic mass is 9.79. The molecule has 0 aromatic heterocycles. The minimum absolute atomic E-state index is 0.205. The maximum atomic E-state index is 5.58. The molecule has 2 aliphatic heterocycles. The van der Waals surface area contributed by atoms with Crippen molar-refractivity contribution in [2.45, 2.75) is 38.3 Å². The van der Waals surface area contributed by atoms with E-state index in [-0.39, 0.29) is 5.54 Å². The summed E-state index contributed by atoms with van der Waals surface area (Å²) in [5.41, 5.74) is 0.205. The molecule has 4 heteroatoms. The van der Waals surface area contributed by atoms with Crippen molar-refractivity contribution in [1.82, 2.24) is 10.2 Å². The van der Waals surface area contributed by atoms with Gasteiger partial charge in [0, 0.05) is 37.2 Å². The van der Waals surface area contributed by atoms with Crippen LogP contribution < -0.4 is 5.32 Å². The van der Waals surface area contributed by atoms with E-state index < -0.39 is 0 Å². The first-order valence-electron chi connectivity index (χ1n) is 7.30. The molecule has 0 spiro atoms. The van der Waals surface area contributed by atoms with Gasteiger partial charge >= 0.3 is 0 Å². The van der Waals surface area contributed by atoms with Crippen LogP contribution in [0, 0.1) is 5.92 Å². The molecule has 0 amide bonds. The van der Waals surface area contributed by atoms with Crippen LogP contribution >= 0.6 is 0 Å². The second-order valence-corrected chi connectivity index (χ2v) is 5.70. The van der Waals surface area contributed by atoms with Crippen molar-refractivity contribution in [2.75, 3.05) is 46.6 Å². The topological polar surface area (TPSA) is 33.7 Å². The highest BCUT2D eigenvalue weighted by Gasteiger charge is 2.42. The Hall–Kier alpha value is -0.160. The van der Waals surface area contributed by atoms with Crippen LogP contribution in [-0.4, -0.2) is 63.0 Å². The largest absolute Gasteiger partial charge is 0.381 e. The first-order valence-corrected chi connectivity index (χ1v) is 7.30. The Bertz CT molecular complexity index is 250. The third kappa shape index (κ3) is 2.72. The van der Waals surface area contributed by atoms with Gasteiger partial charge in [-0.2, -0.15) is 0 Å². The quantitative estimate of drug-likeness (QED) is 0.799. The maximum absolute atomic E-state index is 5.58. The molecule has 3 unspecified atom stereocenters. The van der Waals surface area contributed by atoms with Gasteiger partial charge in [-0.25, -0.2) is 0 Å². The summed E-state index contributed by atoms with van der Waals surface area (Å²) in [6, 6.07) is 0.503. The van der Waals surface area contributed by atoms with Gasteiger partial charge in [-0.05, 0) is 26.8 Å². The number of nitrogens with one attached hydrogen (secondary N) is 1. The number of rotatable bonds is 5. The summed E-state index contributed by atoms with van der Waals surface area (Å²) in [5.74, 6) is 0.641. The zero-order chi connectivity index (χ0) is 13.0. The maximum Gasteiger partial charge on any atom is 0.0594 e. The molecular formula is C14H28N2O2. The molecule has 4 nitrogen and oxygen atoms in total. The van der Waals surface area contributed by atoms with Gasteiger partial charge in [0.15, 0.2) is 0 Å². The summed E-state index contributed by atoms with van der Waals surface area (Å²) in [6.07, 6.45) is 2.35. The van der Waals surface area contributed by atoms with Crippen molar-refractivity contribution in [3.63, 3.8) is 0 Å². The molecule has 0 aliphatic carbocycles. The fourth-order valence-corrected chi connectivity index (χ4v) is 3.58. The smallest absolute Gasteiger partial charge is 0.0594 e. The molecule has 0 saturated carbocycles. The Kier molecular flexibility index (Phi) is 5.01. The van der Waals surface area contributed by atoms with E-state index >= 15 is 0 Å². The van der Waals surface area contributed by atoms with Crippen molar-refractivity contribution >= 4 is 0 Å². The van der Waals surface area contributed by atoms with Gasteiger partial charge < -0.3 is 14.8 Å². The summed E-state index contributed by atoms with van der Waals surface area (Å²) in [7, 11) is 2.09. The lowest BCUT2D eigenvalue weighted by Gasteiger charge is -2.49. The molecule has 2 heterocycles. The Labute approximate surface area is 111 Å². The Morgan fingerprint density at radius 1 is 1.28 bits per heavy atom. The molecule has 2 rings (SSSR count). The molecule has 3 atom stereocenters. The Morgan fingerprint density at radius 3 is 2.50 bits per heavy atom. The second kappa shape index (κ2) is 6.33. The van der Waals surface area contributed by atoms with Crippen molar-refractivity contribution in [3.8, 4) is 0 Å². The second-order valence-electron chi connectivity index (χ2n) is 5.70. The van der Waals surface area contributed by atoms with Gasteiger partial charge in [-0.15, -0.1) is 0 Å². The number of nitrogens with zero attached hydrogens (tertiary/aromatic N) is 1. The zero-order valence-electron chi connectivity index (χ0n) is 12.1. The lowest BCUT2D eigenvalue weighted by molar-refractivity contribution is -0.0404. The lowest BCUT2D eigenvalue weighted by Crippen LogP contribution is -2.63. The molecule has 0 aromatic rings. The summed E-state index contributed by atoms with van der Waals surface area (Å²) in [4.78, 5) is 2.61. The molecule has 2 fully saturated rings. The average molecular weight is 256 g/mol. The van der Waals surface area contributed by atoms with Gasteiger partial charge in [0.25, 0.3) is 0 Å². The number of ether oxygens (including phenoxy) is 2. The summed E-state index contributed by atoms with van der Waals surface area (Å²) in [6.45, 7) is 10.4. The van der Waals surface area contributed by atoms with Crippen molar-refractivity contribution < 1.29 is 9.47 Å². The fourth-order valence-electron chi connectivity index (χ4n) is 3.58. The van der Waals surface area contributed by atoms with Gasteiger partial charge in [-0.3, -0.25) is 4.90 Å². The van der Waals surface area contributed by atoms with E-state index in [4.69, 9.17) is 9.47 Å². The minimum Gasteiger partial charge on any atom is -0.381 e. The van der Waals surface area contributed by atoms with E-state index in [1.165, 1.54) is 6.42 Å². The van der Waals surface area contributed by atoms with Gasteiger partial charge in [0.1, 0.15) is 0 Å². The van der Waals surface area contributed by atoms with E-state index in [0.717, 1.165) is 45.9 Å². The summed E-state index contributed by atoms with van der Waals surface area (Å²) >= 11 is 0.